The van der Waals surface area contributed by atoms with Gasteiger partial charge in [-0.25, -0.2) is 9.79 Å². The molecule has 0 spiro atoms. The van der Waals surface area contributed by atoms with Gasteiger partial charge in [0.1, 0.15) is 17.3 Å². The number of hydrogen-bond donors (Lipinski definition) is 2. The third-order valence-corrected chi connectivity index (χ3v) is 6.79. The Labute approximate surface area is 224 Å². The number of allylic oxidation sites excluding steroid dienone is 2. The van der Waals surface area contributed by atoms with Crippen LogP contribution in [0, 0.1) is 16.0 Å². The van der Waals surface area contributed by atoms with Gasteiger partial charge in [0.15, 0.2) is 5.78 Å². The van der Waals surface area contributed by atoms with Crippen LogP contribution in [0.4, 0.5) is 5.69 Å². The molecule has 0 amide bonds. The lowest BCUT2D eigenvalue weighted by Gasteiger charge is -2.33. The summed E-state index contributed by atoms with van der Waals surface area (Å²) in [5.74, 6) is -1.15. The van der Waals surface area contributed by atoms with Gasteiger partial charge in [-0.2, -0.15) is 0 Å². The molecule has 2 atom stereocenters. The first kappa shape index (κ1) is 25.7. The van der Waals surface area contributed by atoms with Gasteiger partial charge in [0.05, 0.1) is 30.1 Å². The number of aromatic nitrogens is 1. The second kappa shape index (κ2) is 10.4. The van der Waals surface area contributed by atoms with Crippen molar-refractivity contribution in [1.82, 2.24) is 10.3 Å². The Bertz CT molecular complexity index is 1560. The molecule has 198 valence electrons. The molecular formula is C29H26N4O6. The van der Waals surface area contributed by atoms with Crippen molar-refractivity contribution in [2.45, 2.75) is 19.8 Å². The van der Waals surface area contributed by atoms with Gasteiger partial charge < -0.3 is 19.8 Å². The highest BCUT2D eigenvalue weighted by atomic mass is 16.6. The monoisotopic (exact) mass is 526 g/mol. The Hall–Kier alpha value is -4.99. The lowest BCUT2D eigenvalue weighted by atomic mass is 9.75. The normalized spacial score (nSPS) is 19.4. The van der Waals surface area contributed by atoms with Crippen LogP contribution in [0.1, 0.15) is 31.0 Å². The lowest BCUT2D eigenvalue weighted by molar-refractivity contribution is -0.384. The average molecular weight is 527 g/mol. The van der Waals surface area contributed by atoms with Gasteiger partial charge in [-0.3, -0.25) is 14.9 Å². The van der Waals surface area contributed by atoms with Crippen molar-refractivity contribution in [3.05, 3.63) is 99.0 Å². The van der Waals surface area contributed by atoms with Crippen LogP contribution in [-0.2, 0) is 14.3 Å². The number of nitrogens with one attached hydrogen (secondary N) is 2. The number of amidine groups is 1. The molecular weight excluding hydrogens is 500 g/mol. The molecule has 1 aromatic heterocycles. The van der Waals surface area contributed by atoms with E-state index >= 15 is 0 Å². The number of benzene rings is 2. The maximum Gasteiger partial charge on any atom is 0.336 e. The highest BCUT2D eigenvalue weighted by Crippen LogP contribution is 2.45. The van der Waals surface area contributed by atoms with E-state index in [1.165, 1.54) is 12.1 Å². The molecule has 0 radical (unpaired) electrons. The molecule has 10 nitrogen and oxygen atoms in total. The minimum atomic E-state index is -0.764. The van der Waals surface area contributed by atoms with E-state index in [-0.39, 0.29) is 23.8 Å². The van der Waals surface area contributed by atoms with Gasteiger partial charge in [0.2, 0.25) is 0 Å². The topological polar surface area (TPSA) is 136 Å². The molecule has 3 aromatic rings. The van der Waals surface area contributed by atoms with Crippen LogP contribution in [0.15, 0.2) is 82.6 Å². The van der Waals surface area contributed by atoms with E-state index in [1.807, 2.05) is 24.3 Å². The minimum Gasteiger partial charge on any atom is -0.496 e. The maximum absolute atomic E-state index is 13.8. The summed E-state index contributed by atoms with van der Waals surface area (Å²) >= 11 is 0. The molecule has 0 fully saturated rings. The number of ketones is 1. The summed E-state index contributed by atoms with van der Waals surface area (Å²) in [6.07, 6.45) is 1.66. The predicted molar refractivity (Wildman–Crippen MR) is 145 cm³/mol. The Morgan fingerprint density at radius 1 is 1.10 bits per heavy atom. The SMILES string of the molecule is CCOC(=O)C1=C(C)NC2=N/C(=C/c3ccc(-c4ccc([N+](=O)[O-])cc4)[nH]3)C(=O)C2C1c1ccccc1OC. The van der Waals surface area contributed by atoms with E-state index in [9.17, 15) is 19.7 Å². The molecule has 2 N–H and O–H groups in total. The molecule has 2 aliphatic heterocycles. The number of esters is 1. The van der Waals surface area contributed by atoms with Gasteiger partial charge in [-0.05, 0) is 55.8 Å². The molecule has 5 rings (SSSR count). The number of methoxy groups -OCH3 is 1. The van der Waals surface area contributed by atoms with Gasteiger partial charge in [0, 0.05) is 40.7 Å². The Balaban J connectivity index is 1.51. The number of aliphatic imine (C=N–C) groups is 1. The fourth-order valence-electron chi connectivity index (χ4n) is 5.04. The van der Waals surface area contributed by atoms with Gasteiger partial charge in [-0.1, -0.05) is 18.2 Å². The van der Waals surface area contributed by atoms with Gasteiger partial charge in [0.25, 0.3) is 5.69 Å². The van der Waals surface area contributed by atoms with Crippen molar-refractivity contribution in [1.29, 1.82) is 0 Å². The Kier molecular flexibility index (Phi) is 6.84. The number of carbonyl (C=O) groups is 2. The number of non-ortho nitro benzene ring substituents is 1. The van der Waals surface area contributed by atoms with Crippen LogP contribution in [0.3, 0.4) is 0 Å². The molecule has 0 bridgehead atoms. The third-order valence-electron chi connectivity index (χ3n) is 6.79. The Morgan fingerprint density at radius 2 is 1.85 bits per heavy atom. The molecule has 3 heterocycles. The van der Waals surface area contributed by atoms with Crippen LogP contribution in [0.25, 0.3) is 17.3 Å². The summed E-state index contributed by atoms with van der Waals surface area (Å²) in [4.78, 5) is 45.3. The zero-order valence-electron chi connectivity index (χ0n) is 21.6. The Morgan fingerprint density at radius 3 is 2.54 bits per heavy atom. The minimum absolute atomic E-state index is 0.00539. The first-order valence-electron chi connectivity index (χ1n) is 12.4. The molecule has 10 heteroatoms. The van der Waals surface area contributed by atoms with Gasteiger partial charge in [-0.15, -0.1) is 0 Å². The first-order chi connectivity index (χ1) is 18.8. The number of nitro groups is 1. The van der Waals surface area contributed by atoms with E-state index < -0.39 is 22.7 Å². The summed E-state index contributed by atoms with van der Waals surface area (Å²) in [6, 6.07) is 17.1. The predicted octanol–water partition coefficient (Wildman–Crippen LogP) is 4.76. The number of fused-ring (bicyclic) bond motifs is 1. The van der Waals surface area contributed by atoms with E-state index in [1.54, 1.807) is 51.3 Å². The first-order valence-corrected chi connectivity index (χ1v) is 12.4. The number of para-hydroxylation sites is 1. The van der Waals surface area contributed by atoms with E-state index in [4.69, 9.17) is 9.47 Å². The zero-order valence-corrected chi connectivity index (χ0v) is 21.6. The van der Waals surface area contributed by atoms with Crippen LogP contribution < -0.4 is 10.1 Å². The number of rotatable bonds is 7. The summed E-state index contributed by atoms with van der Waals surface area (Å²) < 4.78 is 11.0. The highest BCUT2D eigenvalue weighted by Gasteiger charge is 2.48. The molecule has 0 saturated carbocycles. The summed E-state index contributed by atoms with van der Waals surface area (Å²) in [5, 5.41) is 14.1. The second-order valence-electron chi connectivity index (χ2n) is 9.10. The number of H-pyrrole nitrogens is 1. The highest BCUT2D eigenvalue weighted by molar-refractivity contribution is 6.21. The summed E-state index contributed by atoms with van der Waals surface area (Å²) in [7, 11) is 1.55. The van der Waals surface area contributed by atoms with Crippen molar-refractivity contribution in [2.75, 3.05) is 13.7 Å². The fraction of sp³-hybridized carbons (Fsp3) is 0.207. The molecule has 0 saturated heterocycles. The van der Waals surface area contributed by atoms with Crippen molar-refractivity contribution < 1.29 is 24.0 Å². The number of carbonyl (C=O) groups excluding carboxylic acids is 2. The van der Waals surface area contributed by atoms with Crippen LogP contribution in [0.5, 0.6) is 5.75 Å². The quantitative estimate of drug-likeness (QED) is 0.196. The molecule has 0 aliphatic carbocycles. The fourth-order valence-corrected chi connectivity index (χ4v) is 5.04. The number of hydrogen-bond acceptors (Lipinski definition) is 8. The molecule has 2 aliphatic rings. The van der Waals surface area contributed by atoms with Crippen molar-refractivity contribution in [3.63, 3.8) is 0 Å². The third kappa shape index (κ3) is 4.72. The number of nitro benzene ring substituents is 1. The smallest absolute Gasteiger partial charge is 0.336 e. The average Bonchev–Trinajstić information content (AvgIpc) is 3.52. The molecule has 2 unspecified atom stereocenters. The lowest BCUT2D eigenvalue weighted by Crippen LogP contribution is -2.42. The number of nitrogens with zero attached hydrogens (tertiary/aromatic N) is 2. The summed E-state index contributed by atoms with van der Waals surface area (Å²) in [6.45, 7) is 3.70. The standard InChI is InChI=1S/C29H26N4O6/c1-4-39-29(35)24-16(2)30-28-26(25(24)20-7-5-6-8-23(20)38-3)27(34)22(32-28)15-18-11-14-21(31-18)17-9-12-19(13-10-17)33(36)37/h5-15,25-26,31H,4H2,1-3H3,(H,30,32)/b22-15+. The van der Waals surface area contributed by atoms with Gasteiger partial charge >= 0.3 is 5.97 Å². The van der Waals surface area contributed by atoms with Crippen LogP contribution >= 0.6 is 0 Å². The van der Waals surface area contributed by atoms with Crippen molar-refractivity contribution >= 4 is 29.4 Å². The molecule has 39 heavy (non-hydrogen) atoms. The number of aromatic amines is 1. The van der Waals surface area contributed by atoms with E-state index in [0.29, 0.717) is 34.1 Å². The second-order valence-corrected chi connectivity index (χ2v) is 9.10. The number of ether oxygens (including phenoxy) is 2. The largest absolute Gasteiger partial charge is 0.496 e. The van der Waals surface area contributed by atoms with E-state index in [2.05, 4.69) is 15.3 Å². The van der Waals surface area contributed by atoms with Crippen molar-refractivity contribution in [2.24, 2.45) is 10.9 Å². The van der Waals surface area contributed by atoms with E-state index in [0.717, 1.165) is 11.3 Å². The van der Waals surface area contributed by atoms with Crippen LogP contribution in [-0.4, -0.2) is 41.2 Å². The maximum atomic E-state index is 13.8. The number of Topliss-reactive ketones (excluding diaryl/α,β-unsaturated/α-hetero) is 1. The van der Waals surface area contributed by atoms with Crippen molar-refractivity contribution in [3.8, 4) is 17.0 Å². The van der Waals surface area contributed by atoms with Crippen LogP contribution in [0.2, 0.25) is 0 Å². The zero-order chi connectivity index (χ0) is 27.7. The summed E-state index contributed by atoms with van der Waals surface area (Å²) in [5.41, 5.74) is 3.99. The molecule has 2 aromatic carbocycles.